The summed E-state index contributed by atoms with van der Waals surface area (Å²) in [6.45, 7) is -1.11. The van der Waals surface area contributed by atoms with E-state index in [-0.39, 0.29) is 30.4 Å². The summed E-state index contributed by atoms with van der Waals surface area (Å²) in [7, 11) is 3.24. The first-order chi connectivity index (χ1) is 29.5. The zero-order chi connectivity index (χ0) is 41.4. The van der Waals surface area contributed by atoms with Crippen LogP contribution in [0.3, 0.4) is 0 Å². The normalized spacial score (nSPS) is 12.2. The number of ether oxygens (including phenoxy) is 4. The van der Waals surface area contributed by atoms with Gasteiger partial charge < -0.3 is 24.3 Å². The molecular formula is C49H44FN5O5. The number of imidazole rings is 1. The third-order valence-corrected chi connectivity index (χ3v) is 10.7. The minimum atomic E-state index is -1.11. The van der Waals surface area contributed by atoms with Gasteiger partial charge in [-0.1, -0.05) is 146 Å². The van der Waals surface area contributed by atoms with Crippen LogP contribution in [0.1, 0.15) is 33.4 Å². The monoisotopic (exact) mass is 800 g/mol. The summed E-state index contributed by atoms with van der Waals surface area (Å²) >= 11 is 0. The lowest BCUT2D eigenvalue weighted by atomic mass is 9.77. The second-order valence-electron chi connectivity index (χ2n) is 14.2. The number of anilines is 1. The molecule has 2 heterocycles. The molecule has 0 spiro atoms. The van der Waals surface area contributed by atoms with Crippen LogP contribution in [-0.2, 0) is 27.3 Å². The van der Waals surface area contributed by atoms with Crippen LogP contribution in [0.2, 0.25) is 0 Å². The van der Waals surface area contributed by atoms with E-state index in [9.17, 15) is 9.18 Å². The van der Waals surface area contributed by atoms with Crippen LogP contribution in [0.5, 0.6) is 11.5 Å². The van der Waals surface area contributed by atoms with Crippen LogP contribution in [0.4, 0.5) is 10.3 Å². The number of alkyl halides is 1. The second kappa shape index (κ2) is 17.8. The zero-order valence-corrected chi connectivity index (χ0v) is 33.2. The first-order valence-corrected chi connectivity index (χ1v) is 19.5. The molecule has 1 atom stereocenters. The molecule has 60 heavy (non-hydrogen) atoms. The highest BCUT2D eigenvalue weighted by Crippen LogP contribution is 2.42. The summed E-state index contributed by atoms with van der Waals surface area (Å²) in [6.07, 6.45) is 0.471. The van der Waals surface area contributed by atoms with Crippen molar-refractivity contribution in [3.05, 3.63) is 220 Å². The van der Waals surface area contributed by atoms with E-state index >= 15 is 0 Å². The maximum absolute atomic E-state index is 15.0. The van der Waals surface area contributed by atoms with Gasteiger partial charge in [-0.3, -0.25) is 14.3 Å². The number of nitrogens with zero attached hydrogens (tertiary/aromatic N) is 3. The van der Waals surface area contributed by atoms with Gasteiger partial charge in [0, 0.05) is 0 Å². The van der Waals surface area contributed by atoms with Gasteiger partial charge in [0.25, 0.3) is 5.56 Å². The van der Waals surface area contributed by atoms with E-state index in [4.69, 9.17) is 23.9 Å². The SMILES string of the molecule is COc1ccc(C(Nc2nc3c(ncn3COC(C[18F])COC(c3ccccc3)(c3ccccc3)c3ccc(OC)cc3)c(=O)[nH]2)(c2ccccc2)c2ccccc2)cc1. The van der Waals surface area contributed by atoms with Crippen molar-refractivity contribution in [3.8, 4) is 11.5 Å². The van der Waals surface area contributed by atoms with Crippen molar-refractivity contribution in [2.24, 2.45) is 0 Å². The Morgan fingerprint density at radius 3 is 1.58 bits per heavy atom. The molecule has 8 rings (SSSR count). The third-order valence-electron chi connectivity index (χ3n) is 10.7. The lowest BCUT2D eigenvalue weighted by Gasteiger charge is -2.37. The van der Waals surface area contributed by atoms with E-state index in [2.05, 4.69) is 15.3 Å². The first-order valence-electron chi connectivity index (χ1n) is 19.5. The summed E-state index contributed by atoms with van der Waals surface area (Å²) in [4.78, 5) is 25.9. The molecular weight excluding hydrogens is 757 g/mol. The number of hydrogen-bond acceptors (Lipinski definition) is 8. The molecule has 0 amide bonds. The molecule has 2 N–H and O–H groups in total. The number of H-pyrrole nitrogens is 1. The predicted molar refractivity (Wildman–Crippen MR) is 230 cm³/mol. The topological polar surface area (TPSA) is 113 Å². The van der Waals surface area contributed by atoms with Crippen LogP contribution in [0.15, 0.2) is 181 Å². The second-order valence-corrected chi connectivity index (χ2v) is 14.2. The third kappa shape index (κ3) is 7.75. The Labute approximate surface area is 347 Å². The Kier molecular flexibility index (Phi) is 11.8. The van der Waals surface area contributed by atoms with Crippen molar-refractivity contribution < 1.29 is 23.3 Å². The summed E-state index contributed by atoms with van der Waals surface area (Å²) in [6, 6.07) is 55.0. The van der Waals surface area contributed by atoms with Crippen LogP contribution in [0.25, 0.3) is 11.2 Å². The summed E-state index contributed by atoms with van der Waals surface area (Å²) in [5.74, 6) is 1.59. The van der Waals surface area contributed by atoms with Crippen molar-refractivity contribution in [1.82, 2.24) is 19.5 Å². The molecule has 302 valence electrons. The molecule has 0 radical (unpaired) electrons. The van der Waals surface area contributed by atoms with Crippen molar-refractivity contribution in [1.29, 1.82) is 0 Å². The van der Waals surface area contributed by atoms with Crippen LogP contribution in [-0.4, -0.2) is 53.1 Å². The summed E-state index contributed by atoms with van der Waals surface area (Å²) < 4.78 is 40.6. The minimum absolute atomic E-state index is 0.110. The smallest absolute Gasteiger partial charge is 0.280 e. The van der Waals surface area contributed by atoms with Gasteiger partial charge in [0.15, 0.2) is 11.2 Å². The Hall–Kier alpha value is -7.08. The Bertz CT molecular complexity index is 2580. The predicted octanol–water partition coefficient (Wildman–Crippen LogP) is 8.86. The van der Waals surface area contributed by atoms with Gasteiger partial charge in [-0.15, -0.1) is 0 Å². The fourth-order valence-electron chi connectivity index (χ4n) is 7.68. The van der Waals surface area contributed by atoms with E-state index in [1.807, 2.05) is 170 Å². The molecule has 2 aromatic heterocycles. The van der Waals surface area contributed by atoms with Crippen molar-refractivity contribution in [3.63, 3.8) is 0 Å². The molecule has 0 aliphatic carbocycles. The van der Waals surface area contributed by atoms with Gasteiger partial charge in [-0.05, 0) is 57.6 Å². The molecule has 8 aromatic rings. The molecule has 0 fully saturated rings. The number of benzene rings is 6. The number of methoxy groups -OCH3 is 2. The first kappa shape index (κ1) is 39.7. The zero-order valence-electron chi connectivity index (χ0n) is 33.2. The standard InChI is InChI=1S/C49H44FN5O5/c1-57-41-27-23-37(24-28-41)48(35-15-7-3-8-16-35,36-17-9-4-10-18-36)54-47-52-45-44(46(56)53-47)51-33-55(45)34-59-43(31-50)32-60-49(38-19-11-5-12-20-38,39-21-13-6-14-22-39)40-25-29-42(58-2)30-26-40/h3-30,33,43H,31-32,34H2,1-2H3,(H2,52,53,54,56)/i50-1. The number of aromatic amines is 1. The molecule has 0 saturated heterocycles. The van der Waals surface area contributed by atoms with E-state index in [0.29, 0.717) is 11.5 Å². The number of fused-ring (bicyclic) bond motifs is 1. The summed E-state index contributed by atoms with van der Waals surface area (Å²) in [5.41, 5.74) is 3.03. The number of rotatable bonds is 17. The fraction of sp³-hybridized carbons (Fsp3) is 0.163. The number of hydrogen-bond donors (Lipinski definition) is 2. The number of aromatic nitrogens is 4. The maximum atomic E-state index is 15.0. The van der Waals surface area contributed by atoms with E-state index < -0.39 is 29.5 Å². The van der Waals surface area contributed by atoms with Crippen LogP contribution < -0.4 is 20.3 Å². The van der Waals surface area contributed by atoms with E-state index in [1.165, 1.54) is 6.33 Å². The molecule has 10 nitrogen and oxygen atoms in total. The maximum Gasteiger partial charge on any atom is 0.280 e. The van der Waals surface area contributed by atoms with Crippen molar-refractivity contribution in [2.75, 3.05) is 32.8 Å². The van der Waals surface area contributed by atoms with Gasteiger partial charge in [0.2, 0.25) is 5.95 Å². The average Bonchev–Trinajstić information content (AvgIpc) is 3.74. The van der Waals surface area contributed by atoms with Gasteiger partial charge in [0.1, 0.15) is 42.1 Å². The number of nitrogens with one attached hydrogen (secondary N) is 2. The molecule has 0 aliphatic rings. The quantitative estimate of drug-likeness (QED) is 0.0880. The van der Waals surface area contributed by atoms with Gasteiger partial charge >= 0.3 is 0 Å². The highest BCUT2D eigenvalue weighted by atomic mass is 18.2. The van der Waals surface area contributed by atoms with Crippen molar-refractivity contribution >= 4 is 17.1 Å². The molecule has 6 aromatic carbocycles. The Morgan fingerprint density at radius 2 is 1.10 bits per heavy atom. The lowest BCUT2D eigenvalue weighted by Crippen LogP contribution is -2.39. The molecule has 11 heteroatoms. The largest absolute Gasteiger partial charge is 0.497 e. The Balaban J connectivity index is 1.12. The van der Waals surface area contributed by atoms with Gasteiger partial charge in [-0.2, -0.15) is 4.98 Å². The summed E-state index contributed by atoms with van der Waals surface area (Å²) in [5, 5.41) is 3.62. The lowest BCUT2D eigenvalue weighted by molar-refractivity contribution is -0.0878. The van der Waals surface area contributed by atoms with E-state index in [1.54, 1.807) is 18.8 Å². The van der Waals surface area contributed by atoms with E-state index in [0.717, 1.165) is 33.4 Å². The highest BCUT2D eigenvalue weighted by molar-refractivity contribution is 5.71. The van der Waals surface area contributed by atoms with Gasteiger partial charge in [-0.25, -0.2) is 9.37 Å². The van der Waals surface area contributed by atoms with Gasteiger partial charge in [0.05, 0.1) is 27.2 Å². The Morgan fingerprint density at radius 1 is 0.650 bits per heavy atom. The molecule has 1 unspecified atom stereocenters. The fourth-order valence-corrected chi connectivity index (χ4v) is 7.68. The highest BCUT2D eigenvalue weighted by Gasteiger charge is 2.39. The molecule has 0 bridgehead atoms. The molecule has 0 aliphatic heterocycles. The van der Waals surface area contributed by atoms with Crippen LogP contribution in [0, 0.1) is 0 Å². The number of halogens is 1. The minimum Gasteiger partial charge on any atom is -0.497 e. The molecule has 0 saturated carbocycles. The van der Waals surface area contributed by atoms with Crippen LogP contribution >= 0.6 is 0 Å². The van der Waals surface area contributed by atoms with Crippen molar-refractivity contribution in [2.45, 2.75) is 24.0 Å². The average molecular weight is 801 g/mol.